The lowest BCUT2D eigenvalue weighted by molar-refractivity contribution is 0.0942. The maximum Gasteiger partial charge on any atom is 0.251 e. The Hall–Kier alpha value is -2.81. The Labute approximate surface area is 142 Å². The number of rotatable bonds is 3. The second-order valence-corrected chi connectivity index (χ2v) is 6.28. The lowest BCUT2D eigenvalue weighted by Crippen LogP contribution is -2.36. The zero-order chi connectivity index (χ0) is 17.1. The summed E-state index contributed by atoms with van der Waals surface area (Å²) >= 11 is 0. The first-order chi connectivity index (χ1) is 11.5. The predicted octanol–water partition coefficient (Wildman–Crippen LogP) is 4.45. The van der Waals surface area contributed by atoms with Crippen molar-refractivity contribution in [3.05, 3.63) is 77.4 Å². The molecule has 1 aliphatic carbocycles. The fourth-order valence-corrected chi connectivity index (χ4v) is 2.84. The number of aromatic hydroxyl groups is 1. The van der Waals surface area contributed by atoms with Crippen LogP contribution < -0.4 is 5.32 Å². The van der Waals surface area contributed by atoms with Crippen molar-refractivity contribution in [2.24, 2.45) is 0 Å². The Kier molecular flexibility index (Phi) is 4.52. The van der Waals surface area contributed by atoms with Gasteiger partial charge in [0.05, 0.1) is 6.04 Å². The van der Waals surface area contributed by atoms with E-state index < -0.39 is 0 Å². The second kappa shape index (κ2) is 6.75. The van der Waals surface area contributed by atoms with Crippen LogP contribution in [0.2, 0.25) is 0 Å². The Morgan fingerprint density at radius 1 is 1.04 bits per heavy atom. The third-order valence-electron chi connectivity index (χ3n) is 4.34. The van der Waals surface area contributed by atoms with E-state index in [2.05, 4.69) is 24.4 Å². The Morgan fingerprint density at radius 2 is 1.79 bits per heavy atom. The van der Waals surface area contributed by atoms with Crippen molar-refractivity contribution in [1.29, 1.82) is 0 Å². The topological polar surface area (TPSA) is 49.3 Å². The van der Waals surface area contributed by atoms with Gasteiger partial charge in [0.15, 0.2) is 0 Å². The molecule has 2 N–H and O–H groups in total. The number of allylic oxidation sites excluding steroid dienone is 2. The molecular weight excluding hydrogens is 298 g/mol. The van der Waals surface area contributed by atoms with Crippen LogP contribution in [0.25, 0.3) is 11.1 Å². The van der Waals surface area contributed by atoms with Gasteiger partial charge in [-0.05, 0) is 55.7 Å². The van der Waals surface area contributed by atoms with E-state index in [9.17, 15) is 9.90 Å². The molecule has 24 heavy (non-hydrogen) atoms. The summed E-state index contributed by atoms with van der Waals surface area (Å²) in [5.41, 5.74) is 5.00. The molecule has 3 rings (SSSR count). The third kappa shape index (κ3) is 3.57. The zero-order valence-corrected chi connectivity index (χ0v) is 13.9. The van der Waals surface area contributed by atoms with Crippen LogP contribution in [0.3, 0.4) is 0 Å². The van der Waals surface area contributed by atoms with Gasteiger partial charge < -0.3 is 10.4 Å². The summed E-state index contributed by atoms with van der Waals surface area (Å²) in [6.07, 6.45) is 5.02. The van der Waals surface area contributed by atoms with E-state index in [1.54, 1.807) is 12.1 Å². The summed E-state index contributed by atoms with van der Waals surface area (Å²) in [7, 11) is 0. The summed E-state index contributed by atoms with van der Waals surface area (Å²) in [4.78, 5) is 12.6. The van der Waals surface area contributed by atoms with E-state index in [0.29, 0.717) is 5.56 Å². The average molecular weight is 319 g/mol. The largest absolute Gasteiger partial charge is 0.508 e. The van der Waals surface area contributed by atoms with Gasteiger partial charge in [0.25, 0.3) is 5.91 Å². The molecule has 0 fully saturated rings. The number of phenolic OH excluding ortho intramolecular Hbond substituents is 1. The standard InChI is InChI=1S/C21H21NO2/c1-14-6-7-15(2)20(12-14)22-21(24)18-5-3-4-17(13-18)16-8-10-19(23)11-9-16/h3-11,13,20,23H,12H2,1-2H3,(H,22,24). The lowest BCUT2D eigenvalue weighted by atomic mass is 9.94. The van der Waals surface area contributed by atoms with Crippen molar-refractivity contribution in [2.75, 3.05) is 0 Å². The Balaban J connectivity index is 1.79. The van der Waals surface area contributed by atoms with Crippen LogP contribution in [-0.2, 0) is 0 Å². The summed E-state index contributed by atoms with van der Waals surface area (Å²) in [5, 5.41) is 12.5. The Bertz CT molecular complexity index is 816. The van der Waals surface area contributed by atoms with Gasteiger partial charge in [0.2, 0.25) is 0 Å². The van der Waals surface area contributed by atoms with Crippen LogP contribution in [0, 0.1) is 0 Å². The summed E-state index contributed by atoms with van der Waals surface area (Å²) in [6, 6.07) is 14.6. The van der Waals surface area contributed by atoms with Gasteiger partial charge in [-0.25, -0.2) is 0 Å². The van der Waals surface area contributed by atoms with Crippen molar-refractivity contribution in [1.82, 2.24) is 5.32 Å². The van der Waals surface area contributed by atoms with Crippen LogP contribution >= 0.6 is 0 Å². The van der Waals surface area contributed by atoms with Crippen LogP contribution in [0.4, 0.5) is 0 Å². The fourth-order valence-electron chi connectivity index (χ4n) is 2.84. The lowest BCUT2D eigenvalue weighted by Gasteiger charge is -2.23. The molecule has 3 heteroatoms. The van der Waals surface area contributed by atoms with Crippen LogP contribution in [0.15, 0.2) is 71.8 Å². The van der Waals surface area contributed by atoms with Crippen LogP contribution in [-0.4, -0.2) is 17.1 Å². The number of benzene rings is 2. The molecule has 122 valence electrons. The van der Waals surface area contributed by atoms with Crippen molar-refractivity contribution in [3.8, 4) is 16.9 Å². The number of amides is 1. The van der Waals surface area contributed by atoms with Crippen molar-refractivity contribution < 1.29 is 9.90 Å². The molecular formula is C21H21NO2. The minimum atomic E-state index is -0.0666. The predicted molar refractivity (Wildman–Crippen MR) is 96.9 cm³/mol. The molecule has 0 aliphatic heterocycles. The highest BCUT2D eigenvalue weighted by molar-refractivity contribution is 5.95. The van der Waals surface area contributed by atoms with E-state index in [1.165, 1.54) is 11.1 Å². The molecule has 0 saturated heterocycles. The highest BCUT2D eigenvalue weighted by Crippen LogP contribution is 2.23. The van der Waals surface area contributed by atoms with E-state index in [4.69, 9.17) is 0 Å². The van der Waals surface area contributed by atoms with Crippen molar-refractivity contribution in [2.45, 2.75) is 26.3 Å². The molecule has 0 bridgehead atoms. The highest BCUT2D eigenvalue weighted by Gasteiger charge is 2.18. The molecule has 0 saturated carbocycles. The third-order valence-corrected chi connectivity index (χ3v) is 4.34. The van der Waals surface area contributed by atoms with E-state index in [-0.39, 0.29) is 17.7 Å². The molecule has 0 heterocycles. The maximum atomic E-state index is 12.6. The first kappa shape index (κ1) is 16.1. The molecule has 3 nitrogen and oxygen atoms in total. The minimum Gasteiger partial charge on any atom is -0.508 e. The Morgan fingerprint density at radius 3 is 2.54 bits per heavy atom. The van der Waals surface area contributed by atoms with Gasteiger partial charge in [0.1, 0.15) is 5.75 Å². The molecule has 1 aliphatic rings. The quantitative estimate of drug-likeness (QED) is 0.878. The zero-order valence-electron chi connectivity index (χ0n) is 13.9. The first-order valence-electron chi connectivity index (χ1n) is 8.07. The summed E-state index contributed by atoms with van der Waals surface area (Å²) in [6.45, 7) is 4.12. The van der Waals surface area contributed by atoms with Gasteiger partial charge in [-0.1, -0.05) is 47.6 Å². The normalized spacial score (nSPS) is 17.0. The van der Waals surface area contributed by atoms with Crippen LogP contribution in [0.5, 0.6) is 5.75 Å². The molecule has 0 radical (unpaired) electrons. The fraction of sp³-hybridized carbons (Fsp3) is 0.190. The average Bonchev–Trinajstić information content (AvgIpc) is 2.59. The molecule has 1 amide bonds. The molecule has 0 aromatic heterocycles. The summed E-state index contributed by atoms with van der Waals surface area (Å²) in [5.74, 6) is 0.165. The van der Waals surface area contributed by atoms with E-state index in [1.807, 2.05) is 43.3 Å². The number of hydrogen-bond donors (Lipinski definition) is 2. The highest BCUT2D eigenvalue weighted by atomic mass is 16.3. The van der Waals surface area contributed by atoms with Crippen molar-refractivity contribution in [3.63, 3.8) is 0 Å². The SMILES string of the molecule is CC1=CC=C(C)C(NC(=O)c2cccc(-c3ccc(O)cc3)c2)C1. The van der Waals surface area contributed by atoms with Crippen LogP contribution in [0.1, 0.15) is 30.6 Å². The van der Waals surface area contributed by atoms with Crippen molar-refractivity contribution >= 4 is 5.91 Å². The molecule has 2 aromatic rings. The summed E-state index contributed by atoms with van der Waals surface area (Å²) < 4.78 is 0. The number of phenols is 1. The number of nitrogens with one attached hydrogen (secondary N) is 1. The monoisotopic (exact) mass is 319 g/mol. The number of hydrogen-bond acceptors (Lipinski definition) is 2. The molecule has 2 aromatic carbocycles. The molecule has 1 atom stereocenters. The van der Waals surface area contributed by atoms with Gasteiger partial charge in [-0.15, -0.1) is 0 Å². The molecule has 0 spiro atoms. The maximum absolute atomic E-state index is 12.6. The smallest absolute Gasteiger partial charge is 0.251 e. The van der Waals surface area contributed by atoms with E-state index >= 15 is 0 Å². The molecule has 1 unspecified atom stereocenters. The van der Waals surface area contributed by atoms with Gasteiger partial charge in [-0.3, -0.25) is 4.79 Å². The van der Waals surface area contributed by atoms with E-state index in [0.717, 1.165) is 17.5 Å². The van der Waals surface area contributed by atoms with Gasteiger partial charge >= 0.3 is 0 Å². The second-order valence-electron chi connectivity index (χ2n) is 6.28. The first-order valence-corrected chi connectivity index (χ1v) is 8.07. The van der Waals surface area contributed by atoms with Gasteiger partial charge in [-0.2, -0.15) is 0 Å². The number of carbonyl (C=O) groups excluding carboxylic acids is 1. The van der Waals surface area contributed by atoms with Gasteiger partial charge in [0, 0.05) is 5.56 Å². The number of carbonyl (C=O) groups is 1. The minimum absolute atomic E-state index is 0.0554.